The summed E-state index contributed by atoms with van der Waals surface area (Å²) >= 11 is 1.97. The number of thioether (sulfide) groups is 1. The molecule has 0 N–H and O–H groups in total. The maximum atomic E-state index is 13.1. The molecule has 0 bridgehead atoms. The Balaban J connectivity index is 1.55. The number of carbonyl (C=O) groups is 2. The van der Waals surface area contributed by atoms with Crippen LogP contribution in [0.5, 0.6) is 0 Å². The lowest BCUT2D eigenvalue weighted by Gasteiger charge is -2.45. The largest absolute Gasteiger partial charge is 0.342 e. The summed E-state index contributed by atoms with van der Waals surface area (Å²) in [5.41, 5.74) is 0. The van der Waals surface area contributed by atoms with Crippen LogP contribution >= 0.6 is 11.8 Å². The SMILES string of the molecule is CCCCCC(=O)N1CCC2(CC1)SCCN2C(=O)C1CCCCC1. The van der Waals surface area contributed by atoms with Crippen LogP contribution < -0.4 is 0 Å². The van der Waals surface area contributed by atoms with Gasteiger partial charge in [0.05, 0.1) is 4.87 Å². The monoisotopic (exact) mass is 366 g/mol. The van der Waals surface area contributed by atoms with E-state index in [2.05, 4.69) is 11.8 Å². The molecule has 142 valence electrons. The number of unbranched alkanes of at least 4 members (excludes halogenated alkanes) is 2. The van der Waals surface area contributed by atoms with Crippen LogP contribution in [0.4, 0.5) is 0 Å². The second kappa shape index (κ2) is 8.79. The molecule has 0 atom stereocenters. The summed E-state index contributed by atoms with van der Waals surface area (Å²) in [5.74, 6) is 2.05. The van der Waals surface area contributed by atoms with Crippen LogP contribution in [0.25, 0.3) is 0 Å². The van der Waals surface area contributed by atoms with Crippen molar-refractivity contribution in [2.45, 2.75) is 82.4 Å². The van der Waals surface area contributed by atoms with Gasteiger partial charge < -0.3 is 9.80 Å². The minimum absolute atomic E-state index is 0.0191. The normalized spacial score (nSPS) is 24.0. The van der Waals surface area contributed by atoms with E-state index in [-0.39, 0.29) is 10.8 Å². The Morgan fingerprint density at radius 3 is 2.44 bits per heavy atom. The number of rotatable bonds is 5. The molecule has 2 amide bonds. The maximum absolute atomic E-state index is 13.1. The number of amides is 2. The lowest BCUT2D eigenvalue weighted by Crippen LogP contribution is -2.55. The van der Waals surface area contributed by atoms with Gasteiger partial charge in [-0.1, -0.05) is 39.0 Å². The van der Waals surface area contributed by atoms with E-state index >= 15 is 0 Å². The maximum Gasteiger partial charge on any atom is 0.226 e. The average molecular weight is 367 g/mol. The standard InChI is InChI=1S/C20H34N2O2S/c1-2-3-5-10-18(23)21-13-11-20(12-14-21)22(15-16-25-20)19(24)17-8-6-4-7-9-17/h17H,2-16H2,1H3. The molecule has 0 aromatic heterocycles. The minimum atomic E-state index is -0.0191. The highest BCUT2D eigenvalue weighted by Gasteiger charge is 2.47. The smallest absolute Gasteiger partial charge is 0.226 e. The van der Waals surface area contributed by atoms with Crippen LogP contribution in [-0.4, -0.2) is 51.9 Å². The van der Waals surface area contributed by atoms with Crippen molar-refractivity contribution in [1.82, 2.24) is 9.80 Å². The van der Waals surface area contributed by atoms with Gasteiger partial charge in [0.25, 0.3) is 0 Å². The molecule has 3 aliphatic rings. The topological polar surface area (TPSA) is 40.6 Å². The lowest BCUT2D eigenvalue weighted by atomic mass is 9.87. The molecule has 3 fully saturated rings. The summed E-state index contributed by atoms with van der Waals surface area (Å²) in [5, 5.41) is 0. The number of hydrogen-bond donors (Lipinski definition) is 0. The van der Waals surface area contributed by atoms with Gasteiger partial charge in [-0.05, 0) is 32.1 Å². The molecule has 0 unspecified atom stereocenters. The predicted octanol–water partition coefficient (Wildman–Crippen LogP) is 4.04. The fourth-order valence-electron chi connectivity index (χ4n) is 4.69. The first kappa shape index (κ1) is 19.1. The molecule has 2 saturated heterocycles. The first-order chi connectivity index (χ1) is 12.2. The van der Waals surface area contributed by atoms with Crippen molar-refractivity contribution in [2.24, 2.45) is 5.92 Å². The summed E-state index contributed by atoms with van der Waals surface area (Å²) in [4.78, 5) is 29.7. The number of nitrogens with zero attached hydrogens (tertiary/aromatic N) is 2. The molecule has 25 heavy (non-hydrogen) atoms. The van der Waals surface area contributed by atoms with Gasteiger partial charge in [0.15, 0.2) is 0 Å². The van der Waals surface area contributed by atoms with E-state index < -0.39 is 0 Å². The molecule has 1 aliphatic carbocycles. The van der Waals surface area contributed by atoms with Crippen molar-refractivity contribution >= 4 is 23.6 Å². The van der Waals surface area contributed by atoms with E-state index in [4.69, 9.17) is 0 Å². The molecule has 0 aromatic rings. The van der Waals surface area contributed by atoms with Crippen LogP contribution in [0.3, 0.4) is 0 Å². The molecule has 0 aromatic carbocycles. The third kappa shape index (κ3) is 4.35. The Bertz CT molecular complexity index is 468. The first-order valence-corrected chi connectivity index (χ1v) is 11.4. The summed E-state index contributed by atoms with van der Waals surface area (Å²) in [7, 11) is 0. The predicted molar refractivity (Wildman–Crippen MR) is 103 cm³/mol. The van der Waals surface area contributed by atoms with E-state index in [1.807, 2.05) is 16.7 Å². The van der Waals surface area contributed by atoms with E-state index in [0.717, 1.165) is 70.3 Å². The first-order valence-electron chi connectivity index (χ1n) is 10.4. The molecular formula is C20H34N2O2S. The van der Waals surface area contributed by atoms with Crippen LogP contribution in [-0.2, 0) is 9.59 Å². The Kier molecular flexibility index (Phi) is 6.70. The Hall–Kier alpha value is -0.710. The van der Waals surface area contributed by atoms with Gasteiger partial charge in [-0.2, -0.15) is 0 Å². The summed E-state index contributed by atoms with van der Waals surface area (Å²) in [6.07, 6.45) is 11.8. The van der Waals surface area contributed by atoms with Gasteiger partial charge in [0.2, 0.25) is 11.8 Å². The molecule has 5 heteroatoms. The van der Waals surface area contributed by atoms with Crippen molar-refractivity contribution < 1.29 is 9.59 Å². The fraction of sp³-hybridized carbons (Fsp3) is 0.900. The molecule has 4 nitrogen and oxygen atoms in total. The van der Waals surface area contributed by atoms with Crippen LogP contribution in [0.1, 0.15) is 77.6 Å². The third-order valence-electron chi connectivity index (χ3n) is 6.29. The molecule has 1 saturated carbocycles. The van der Waals surface area contributed by atoms with Crippen molar-refractivity contribution in [1.29, 1.82) is 0 Å². The van der Waals surface area contributed by atoms with Crippen molar-refractivity contribution in [2.75, 3.05) is 25.4 Å². The van der Waals surface area contributed by atoms with Gasteiger partial charge in [-0.3, -0.25) is 9.59 Å². The number of likely N-dealkylation sites (tertiary alicyclic amines) is 1. The number of piperidine rings is 1. The number of carbonyl (C=O) groups excluding carboxylic acids is 2. The summed E-state index contributed by atoms with van der Waals surface area (Å²) in [6.45, 7) is 4.73. The van der Waals surface area contributed by atoms with Crippen LogP contribution in [0.2, 0.25) is 0 Å². The highest BCUT2D eigenvalue weighted by atomic mass is 32.2. The molecular weight excluding hydrogens is 332 g/mol. The summed E-state index contributed by atoms with van der Waals surface area (Å²) in [6, 6.07) is 0. The molecule has 0 radical (unpaired) electrons. The highest BCUT2D eigenvalue weighted by Crippen LogP contribution is 2.45. The Labute approximate surface area is 157 Å². The Morgan fingerprint density at radius 2 is 1.76 bits per heavy atom. The van der Waals surface area contributed by atoms with E-state index in [1.165, 1.54) is 19.3 Å². The zero-order valence-corrected chi connectivity index (χ0v) is 16.6. The molecule has 3 rings (SSSR count). The van der Waals surface area contributed by atoms with E-state index in [1.54, 1.807) is 0 Å². The molecule has 2 aliphatic heterocycles. The van der Waals surface area contributed by atoms with Crippen molar-refractivity contribution in [3.05, 3.63) is 0 Å². The minimum Gasteiger partial charge on any atom is -0.342 e. The fourth-order valence-corrected chi connectivity index (χ4v) is 6.16. The zero-order chi connectivity index (χ0) is 17.7. The molecule has 2 heterocycles. The molecule has 1 spiro atoms. The lowest BCUT2D eigenvalue weighted by molar-refractivity contribution is -0.141. The third-order valence-corrected chi connectivity index (χ3v) is 7.84. The highest BCUT2D eigenvalue weighted by molar-refractivity contribution is 8.00. The second-order valence-electron chi connectivity index (χ2n) is 7.96. The zero-order valence-electron chi connectivity index (χ0n) is 15.8. The van der Waals surface area contributed by atoms with Crippen LogP contribution in [0, 0.1) is 5.92 Å². The van der Waals surface area contributed by atoms with Gasteiger partial charge in [0, 0.05) is 37.7 Å². The van der Waals surface area contributed by atoms with Crippen molar-refractivity contribution in [3.63, 3.8) is 0 Å². The number of hydrogen-bond acceptors (Lipinski definition) is 3. The van der Waals surface area contributed by atoms with Gasteiger partial charge >= 0.3 is 0 Å². The Morgan fingerprint density at radius 1 is 1.04 bits per heavy atom. The average Bonchev–Trinajstić information content (AvgIpc) is 3.05. The quantitative estimate of drug-likeness (QED) is 0.690. The van der Waals surface area contributed by atoms with E-state index in [0.29, 0.717) is 18.2 Å². The van der Waals surface area contributed by atoms with E-state index in [9.17, 15) is 9.59 Å². The van der Waals surface area contributed by atoms with Crippen molar-refractivity contribution in [3.8, 4) is 0 Å². The van der Waals surface area contributed by atoms with Gasteiger partial charge in [0.1, 0.15) is 0 Å². The van der Waals surface area contributed by atoms with Gasteiger partial charge in [-0.25, -0.2) is 0 Å². The van der Waals surface area contributed by atoms with Gasteiger partial charge in [-0.15, -0.1) is 11.8 Å². The van der Waals surface area contributed by atoms with Crippen LogP contribution in [0.15, 0.2) is 0 Å². The second-order valence-corrected chi connectivity index (χ2v) is 9.41. The summed E-state index contributed by atoms with van der Waals surface area (Å²) < 4.78 is 0.